The van der Waals surface area contributed by atoms with E-state index in [-0.39, 0.29) is 5.60 Å². The summed E-state index contributed by atoms with van der Waals surface area (Å²) in [6.45, 7) is 8.06. The number of likely N-dealkylation sites (tertiary alicyclic amines) is 1. The van der Waals surface area contributed by atoms with Gasteiger partial charge in [0.1, 0.15) is 23.7 Å². The van der Waals surface area contributed by atoms with Crippen LogP contribution >= 0.6 is 0 Å². The van der Waals surface area contributed by atoms with Gasteiger partial charge in [-0.2, -0.15) is 0 Å². The summed E-state index contributed by atoms with van der Waals surface area (Å²) in [5, 5.41) is 0. The average Bonchev–Trinajstić information content (AvgIpc) is 2.60. The van der Waals surface area contributed by atoms with Gasteiger partial charge >= 0.3 is 0 Å². The number of nitrogens with zero attached hydrogens (tertiary/aromatic N) is 2. The lowest BCUT2D eigenvalue weighted by molar-refractivity contribution is 0.0135. The lowest BCUT2D eigenvalue weighted by Crippen LogP contribution is -2.47. The highest BCUT2D eigenvalue weighted by Gasteiger charge is 2.31. The maximum atomic E-state index is 6.26. The zero-order valence-corrected chi connectivity index (χ0v) is 14.6. The van der Waals surface area contributed by atoms with E-state index in [0.29, 0.717) is 6.61 Å². The summed E-state index contributed by atoms with van der Waals surface area (Å²) >= 11 is 0. The fourth-order valence-electron chi connectivity index (χ4n) is 2.97. The molecule has 0 amide bonds. The minimum absolute atomic E-state index is 0.0717. The second-order valence-corrected chi connectivity index (χ2v) is 6.74. The minimum Gasteiger partial charge on any atom is -0.492 e. The molecule has 0 saturated carbocycles. The van der Waals surface area contributed by atoms with Crippen molar-refractivity contribution >= 4 is 0 Å². The zero-order valence-electron chi connectivity index (χ0n) is 14.6. The molecule has 3 rings (SSSR count). The second kappa shape index (κ2) is 7.67. The van der Waals surface area contributed by atoms with E-state index >= 15 is 0 Å². The fourth-order valence-corrected chi connectivity index (χ4v) is 2.97. The molecule has 1 aliphatic heterocycles. The predicted molar refractivity (Wildman–Crippen MR) is 95.6 cm³/mol. The van der Waals surface area contributed by atoms with Gasteiger partial charge in [-0.3, -0.25) is 9.88 Å². The quantitative estimate of drug-likeness (QED) is 0.811. The number of piperidine rings is 1. The van der Waals surface area contributed by atoms with E-state index < -0.39 is 0 Å². The van der Waals surface area contributed by atoms with Gasteiger partial charge in [0.05, 0.1) is 0 Å². The van der Waals surface area contributed by atoms with Crippen molar-refractivity contribution in [3.05, 3.63) is 54.4 Å². The molecule has 1 saturated heterocycles. The van der Waals surface area contributed by atoms with Crippen LogP contribution in [0.25, 0.3) is 0 Å². The maximum absolute atomic E-state index is 6.26. The van der Waals surface area contributed by atoms with Gasteiger partial charge in [0.25, 0.3) is 0 Å². The summed E-state index contributed by atoms with van der Waals surface area (Å²) in [7, 11) is 0. The molecule has 128 valence electrons. The first kappa shape index (κ1) is 16.8. The van der Waals surface area contributed by atoms with Gasteiger partial charge in [-0.25, -0.2) is 0 Å². The van der Waals surface area contributed by atoms with Crippen LogP contribution in [0.4, 0.5) is 0 Å². The number of aryl methyl sites for hydroxylation is 1. The topological polar surface area (TPSA) is 34.6 Å². The second-order valence-electron chi connectivity index (χ2n) is 6.74. The predicted octanol–water partition coefficient (Wildman–Crippen LogP) is 3.70. The standard InChI is InChI=1S/C20H26N2O2/c1-17-3-5-19(6-4-17)24-20(2)9-13-22(14-10-20)15-16-23-18-7-11-21-12-8-18/h3-8,11-12H,9-10,13-16H2,1-2H3. The molecule has 24 heavy (non-hydrogen) atoms. The summed E-state index contributed by atoms with van der Waals surface area (Å²) < 4.78 is 12.0. The molecule has 1 aliphatic rings. The van der Waals surface area contributed by atoms with Gasteiger partial charge in [0.2, 0.25) is 0 Å². The number of benzene rings is 1. The maximum Gasteiger partial charge on any atom is 0.122 e. The van der Waals surface area contributed by atoms with Crippen LogP contribution in [-0.2, 0) is 0 Å². The smallest absolute Gasteiger partial charge is 0.122 e. The first-order valence-corrected chi connectivity index (χ1v) is 8.64. The third-order valence-electron chi connectivity index (χ3n) is 4.62. The summed E-state index contributed by atoms with van der Waals surface area (Å²) in [5.74, 6) is 1.85. The van der Waals surface area contributed by atoms with E-state index in [1.165, 1.54) is 5.56 Å². The molecule has 0 bridgehead atoms. The number of rotatable bonds is 6. The van der Waals surface area contributed by atoms with Gasteiger partial charge < -0.3 is 9.47 Å². The molecule has 2 heterocycles. The molecule has 1 fully saturated rings. The molecule has 0 unspecified atom stereocenters. The van der Waals surface area contributed by atoms with E-state index in [9.17, 15) is 0 Å². The molecule has 0 N–H and O–H groups in total. The Labute approximate surface area is 144 Å². The molecular weight excluding hydrogens is 300 g/mol. The van der Waals surface area contributed by atoms with Crippen LogP contribution in [0.2, 0.25) is 0 Å². The summed E-state index contributed by atoms with van der Waals surface area (Å²) in [5.41, 5.74) is 1.19. The van der Waals surface area contributed by atoms with E-state index in [1.807, 2.05) is 12.1 Å². The molecule has 2 aromatic rings. The number of pyridine rings is 1. The normalized spacial score (nSPS) is 17.4. The lowest BCUT2D eigenvalue weighted by atomic mass is 9.93. The average molecular weight is 326 g/mol. The highest BCUT2D eigenvalue weighted by Crippen LogP contribution is 2.28. The number of hydrogen-bond donors (Lipinski definition) is 0. The minimum atomic E-state index is -0.0717. The Bertz CT molecular complexity index is 620. The Morgan fingerprint density at radius 3 is 2.33 bits per heavy atom. The van der Waals surface area contributed by atoms with Crippen molar-refractivity contribution in [1.82, 2.24) is 9.88 Å². The van der Waals surface area contributed by atoms with E-state index in [1.54, 1.807) is 12.4 Å². The van der Waals surface area contributed by atoms with Gasteiger partial charge in [-0.05, 0) is 51.0 Å². The van der Waals surface area contributed by atoms with Crippen molar-refractivity contribution in [2.24, 2.45) is 0 Å². The summed E-state index contributed by atoms with van der Waals surface area (Å²) in [6, 6.07) is 12.1. The molecule has 0 atom stereocenters. The Morgan fingerprint density at radius 1 is 1.00 bits per heavy atom. The van der Waals surface area contributed by atoms with E-state index in [4.69, 9.17) is 9.47 Å². The van der Waals surface area contributed by atoms with Crippen molar-refractivity contribution in [3.63, 3.8) is 0 Å². The summed E-state index contributed by atoms with van der Waals surface area (Å²) in [4.78, 5) is 6.44. The van der Waals surface area contributed by atoms with Crippen molar-refractivity contribution < 1.29 is 9.47 Å². The monoisotopic (exact) mass is 326 g/mol. The first-order valence-electron chi connectivity index (χ1n) is 8.64. The van der Waals surface area contributed by atoms with Gasteiger partial charge in [-0.1, -0.05) is 17.7 Å². The van der Waals surface area contributed by atoms with Crippen LogP contribution in [0.1, 0.15) is 25.3 Å². The van der Waals surface area contributed by atoms with Crippen molar-refractivity contribution in [2.75, 3.05) is 26.2 Å². The van der Waals surface area contributed by atoms with Crippen molar-refractivity contribution in [1.29, 1.82) is 0 Å². The SMILES string of the molecule is Cc1ccc(OC2(C)CCN(CCOc3ccncc3)CC2)cc1. The number of hydrogen-bond acceptors (Lipinski definition) is 4. The van der Waals surface area contributed by atoms with Crippen LogP contribution < -0.4 is 9.47 Å². The Morgan fingerprint density at radius 2 is 1.67 bits per heavy atom. The van der Waals surface area contributed by atoms with Gasteiger partial charge in [0.15, 0.2) is 0 Å². The molecule has 1 aromatic heterocycles. The van der Waals surface area contributed by atoms with E-state index in [0.717, 1.165) is 44.0 Å². The van der Waals surface area contributed by atoms with Crippen LogP contribution in [0.15, 0.2) is 48.8 Å². The summed E-state index contributed by atoms with van der Waals surface area (Å²) in [6.07, 6.45) is 5.58. The molecule has 4 nitrogen and oxygen atoms in total. The number of aromatic nitrogens is 1. The Hall–Kier alpha value is -2.07. The zero-order chi connectivity index (χ0) is 16.8. The Balaban J connectivity index is 1.42. The third kappa shape index (κ3) is 4.71. The Kier molecular flexibility index (Phi) is 5.36. The highest BCUT2D eigenvalue weighted by atomic mass is 16.5. The molecule has 4 heteroatoms. The van der Waals surface area contributed by atoms with E-state index in [2.05, 4.69) is 48.0 Å². The van der Waals surface area contributed by atoms with Crippen LogP contribution in [-0.4, -0.2) is 41.7 Å². The van der Waals surface area contributed by atoms with Gasteiger partial charge in [0, 0.05) is 32.0 Å². The largest absolute Gasteiger partial charge is 0.492 e. The fraction of sp³-hybridized carbons (Fsp3) is 0.450. The molecule has 0 spiro atoms. The molecular formula is C20H26N2O2. The molecule has 0 radical (unpaired) electrons. The van der Waals surface area contributed by atoms with Gasteiger partial charge in [-0.15, -0.1) is 0 Å². The van der Waals surface area contributed by atoms with Crippen molar-refractivity contribution in [2.45, 2.75) is 32.3 Å². The molecule has 1 aromatic carbocycles. The number of ether oxygens (including phenoxy) is 2. The first-order chi connectivity index (χ1) is 11.6. The van der Waals surface area contributed by atoms with Crippen LogP contribution in [0.3, 0.4) is 0 Å². The lowest BCUT2D eigenvalue weighted by Gasteiger charge is -2.39. The highest BCUT2D eigenvalue weighted by molar-refractivity contribution is 5.27. The molecule has 0 aliphatic carbocycles. The van der Waals surface area contributed by atoms with Crippen molar-refractivity contribution in [3.8, 4) is 11.5 Å². The van der Waals surface area contributed by atoms with Crippen LogP contribution in [0, 0.1) is 6.92 Å². The van der Waals surface area contributed by atoms with Crippen LogP contribution in [0.5, 0.6) is 11.5 Å². The third-order valence-corrected chi connectivity index (χ3v) is 4.62.